The first-order valence-corrected chi connectivity index (χ1v) is 8.18. The quantitative estimate of drug-likeness (QED) is 0.928. The molecule has 2 fully saturated rings. The molecule has 1 saturated carbocycles. The molecule has 0 spiro atoms. The topological polar surface area (TPSA) is 40.5 Å². The van der Waals surface area contributed by atoms with Crippen LogP contribution in [-0.2, 0) is 4.79 Å². The lowest BCUT2D eigenvalue weighted by Gasteiger charge is -2.26. The lowest BCUT2D eigenvalue weighted by atomic mass is 10.1. The molecule has 21 heavy (non-hydrogen) atoms. The highest BCUT2D eigenvalue weighted by molar-refractivity contribution is 6.31. The molecular weight excluding hydrogens is 286 g/mol. The molecule has 4 atom stereocenters. The van der Waals surface area contributed by atoms with Crippen molar-refractivity contribution in [3.8, 4) is 0 Å². The number of amides is 1. The van der Waals surface area contributed by atoms with Gasteiger partial charge < -0.3 is 10.0 Å². The number of hydrogen-bond acceptors (Lipinski definition) is 2. The molecule has 114 valence electrons. The van der Waals surface area contributed by atoms with Crippen LogP contribution in [-0.4, -0.2) is 34.6 Å². The van der Waals surface area contributed by atoms with E-state index in [1.807, 2.05) is 29.2 Å². The Kier molecular flexibility index (Phi) is 4.23. The Balaban J connectivity index is 1.66. The van der Waals surface area contributed by atoms with Gasteiger partial charge >= 0.3 is 0 Å². The van der Waals surface area contributed by atoms with Crippen LogP contribution in [0.2, 0.25) is 5.02 Å². The standard InChI is InChI=1S/C17H22ClNO2/c1-11(20)9-12-5-4-8-19(12)17(21)15-10-14(15)13-6-2-3-7-16(13)18/h2-3,6-7,11-12,14-15,20H,4-5,8-10H2,1H3. The first-order chi connectivity index (χ1) is 10.1. The Bertz CT molecular complexity index is 531. The number of rotatable bonds is 4. The van der Waals surface area contributed by atoms with Crippen LogP contribution in [0.4, 0.5) is 0 Å². The molecule has 1 amide bonds. The summed E-state index contributed by atoms with van der Waals surface area (Å²) in [7, 11) is 0. The molecule has 1 aromatic rings. The fourth-order valence-electron chi connectivity index (χ4n) is 3.57. The molecule has 1 N–H and O–H groups in total. The van der Waals surface area contributed by atoms with Gasteiger partial charge in [0, 0.05) is 23.5 Å². The molecule has 1 aliphatic carbocycles. The van der Waals surface area contributed by atoms with Gasteiger partial charge in [-0.3, -0.25) is 4.79 Å². The van der Waals surface area contributed by atoms with E-state index in [1.165, 1.54) is 0 Å². The number of aliphatic hydroxyl groups excluding tert-OH is 1. The number of halogens is 1. The third kappa shape index (κ3) is 3.09. The smallest absolute Gasteiger partial charge is 0.226 e. The minimum atomic E-state index is -0.345. The molecule has 4 unspecified atom stereocenters. The summed E-state index contributed by atoms with van der Waals surface area (Å²) in [6.07, 6.45) is 3.31. The molecule has 3 nitrogen and oxygen atoms in total. The second-order valence-electron chi connectivity index (χ2n) is 6.38. The van der Waals surface area contributed by atoms with Crippen molar-refractivity contribution in [2.24, 2.45) is 5.92 Å². The van der Waals surface area contributed by atoms with Gasteiger partial charge in [-0.2, -0.15) is 0 Å². The molecule has 1 aliphatic heterocycles. The predicted octanol–water partition coefficient (Wildman–Crippen LogP) is 3.21. The Labute approximate surface area is 130 Å². The summed E-state index contributed by atoms with van der Waals surface area (Å²) in [5.41, 5.74) is 1.10. The van der Waals surface area contributed by atoms with Crippen molar-refractivity contribution in [2.45, 2.75) is 50.7 Å². The van der Waals surface area contributed by atoms with Crippen LogP contribution in [0.3, 0.4) is 0 Å². The van der Waals surface area contributed by atoms with Crippen molar-refractivity contribution in [2.75, 3.05) is 6.54 Å². The average Bonchev–Trinajstić information content (AvgIpc) is 3.10. The number of likely N-dealkylation sites (tertiary alicyclic amines) is 1. The summed E-state index contributed by atoms with van der Waals surface area (Å²) in [5, 5.41) is 10.3. The van der Waals surface area contributed by atoms with Crippen molar-refractivity contribution in [1.29, 1.82) is 0 Å². The summed E-state index contributed by atoms with van der Waals surface area (Å²) in [6.45, 7) is 2.63. The molecule has 0 bridgehead atoms. The maximum Gasteiger partial charge on any atom is 0.226 e. The summed E-state index contributed by atoms with van der Waals surface area (Å²) in [4.78, 5) is 14.7. The van der Waals surface area contributed by atoms with E-state index in [1.54, 1.807) is 6.92 Å². The van der Waals surface area contributed by atoms with E-state index in [4.69, 9.17) is 11.6 Å². The van der Waals surface area contributed by atoms with E-state index in [0.717, 1.165) is 36.4 Å². The Morgan fingerprint density at radius 3 is 2.95 bits per heavy atom. The second-order valence-corrected chi connectivity index (χ2v) is 6.79. The molecule has 2 aliphatic rings. The number of benzene rings is 1. The Hall–Kier alpha value is -1.06. The van der Waals surface area contributed by atoms with Gasteiger partial charge in [0.2, 0.25) is 5.91 Å². The predicted molar refractivity (Wildman–Crippen MR) is 83.3 cm³/mol. The zero-order valence-corrected chi connectivity index (χ0v) is 13.1. The molecule has 4 heteroatoms. The fraction of sp³-hybridized carbons (Fsp3) is 0.588. The second kappa shape index (κ2) is 5.98. The Morgan fingerprint density at radius 1 is 1.48 bits per heavy atom. The van der Waals surface area contributed by atoms with E-state index in [-0.39, 0.29) is 29.9 Å². The van der Waals surface area contributed by atoms with E-state index < -0.39 is 0 Å². The number of carbonyl (C=O) groups excluding carboxylic acids is 1. The minimum Gasteiger partial charge on any atom is -0.393 e. The summed E-state index contributed by atoms with van der Waals surface area (Å²) >= 11 is 6.23. The fourth-order valence-corrected chi connectivity index (χ4v) is 3.84. The molecule has 1 saturated heterocycles. The summed E-state index contributed by atoms with van der Waals surface area (Å²) < 4.78 is 0. The number of carbonyl (C=O) groups is 1. The molecule has 1 heterocycles. The summed E-state index contributed by atoms with van der Waals surface area (Å²) in [6, 6.07) is 8.03. The van der Waals surface area contributed by atoms with Gasteiger partial charge in [0.15, 0.2) is 0 Å². The summed E-state index contributed by atoms with van der Waals surface area (Å²) in [5.74, 6) is 0.613. The first kappa shape index (κ1) is 14.9. The van der Waals surface area contributed by atoms with Crippen LogP contribution >= 0.6 is 11.6 Å². The van der Waals surface area contributed by atoms with Crippen LogP contribution in [0.25, 0.3) is 0 Å². The third-order valence-corrected chi connectivity index (χ3v) is 5.03. The lowest BCUT2D eigenvalue weighted by Crippen LogP contribution is -2.38. The zero-order valence-electron chi connectivity index (χ0n) is 12.3. The van der Waals surface area contributed by atoms with Gasteiger partial charge in [0.1, 0.15) is 0 Å². The van der Waals surface area contributed by atoms with Crippen LogP contribution in [0, 0.1) is 5.92 Å². The largest absolute Gasteiger partial charge is 0.393 e. The monoisotopic (exact) mass is 307 g/mol. The maximum absolute atomic E-state index is 12.7. The number of aliphatic hydroxyl groups is 1. The molecule has 0 radical (unpaired) electrons. The molecule has 0 aromatic heterocycles. The van der Waals surface area contributed by atoms with Crippen LogP contribution in [0.1, 0.15) is 44.1 Å². The SMILES string of the molecule is CC(O)CC1CCCN1C(=O)C1CC1c1ccccc1Cl. The normalized spacial score (nSPS) is 29.5. The number of nitrogens with zero attached hydrogens (tertiary/aromatic N) is 1. The molecular formula is C17H22ClNO2. The Morgan fingerprint density at radius 2 is 2.24 bits per heavy atom. The van der Waals surface area contributed by atoms with E-state index >= 15 is 0 Å². The van der Waals surface area contributed by atoms with Gasteiger partial charge in [0.05, 0.1) is 6.10 Å². The van der Waals surface area contributed by atoms with E-state index in [9.17, 15) is 9.90 Å². The lowest BCUT2D eigenvalue weighted by molar-refractivity contribution is -0.133. The molecule has 1 aromatic carbocycles. The van der Waals surface area contributed by atoms with Gasteiger partial charge in [-0.15, -0.1) is 0 Å². The van der Waals surface area contributed by atoms with Gasteiger partial charge in [-0.05, 0) is 50.2 Å². The minimum absolute atomic E-state index is 0.0829. The van der Waals surface area contributed by atoms with Crippen LogP contribution in [0.5, 0.6) is 0 Å². The highest BCUT2D eigenvalue weighted by atomic mass is 35.5. The highest BCUT2D eigenvalue weighted by Crippen LogP contribution is 2.51. The maximum atomic E-state index is 12.7. The van der Waals surface area contributed by atoms with Crippen molar-refractivity contribution in [1.82, 2.24) is 4.90 Å². The third-order valence-electron chi connectivity index (χ3n) is 4.69. The van der Waals surface area contributed by atoms with Crippen molar-refractivity contribution >= 4 is 17.5 Å². The van der Waals surface area contributed by atoms with Gasteiger partial charge in [-0.25, -0.2) is 0 Å². The highest BCUT2D eigenvalue weighted by Gasteiger charge is 2.48. The van der Waals surface area contributed by atoms with Crippen LogP contribution < -0.4 is 0 Å². The molecule has 3 rings (SSSR count). The van der Waals surface area contributed by atoms with Gasteiger partial charge in [0.25, 0.3) is 0 Å². The van der Waals surface area contributed by atoms with Crippen molar-refractivity contribution < 1.29 is 9.90 Å². The first-order valence-electron chi connectivity index (χ1n) is 7.81. The zero-order chi connectivity index (χ0) is 15.0. The van der Waals surface area contributed by atoms with Crippen molar-refractivity contribution in [3.63, 3.8) is 0 Å². The average molecular weight is 308 g/mol. The van der Waals surface area contributed by atoms with E-state index in [0.29, 0.717) is 6.42 Å². The van der Waals surface area contributed by atoms with Crippen molar-refractivity contribution in [3.05, 3.63) is 34.9 Å². The van der Waals surface area contributed by atoms with Gasteiger partial charge in [-0.1, -0.05) is 29.8 Å². The number of hydrogen-bond donors (Lipinski definition) is 1. The van der Waals surface area contributed by atoms with E-state index in [2.05, 4.69) is 0 Å². The van der Waals surface area contributed by atoms with Crippen LogP contribution in [0.15, 0.2) is 24.3 Å².